The molecule has 1 aromatic heterocycles. The van der Waals surface area contributed by atoms with Gasteiger partial charge in [-0.05, 0) is 31.2 Å². The van der Waals surface area contributed by atoms with E-state index < -0.39 is 0 Å². The van der Waals surface area contributed by atoms with Crippen LogP contribution in [0.25, 0.3) is 0 Å². The molecule has 1 fully saturated rings. The minimum absolute atomic E-state index is 0.0239. The summed E-state index contributed by atoms with van der Waals surface area (Å²) in [4.78, 5) is 18.4. The summed E-state index contributed by atoms with van der Waals surface area (Å²) in [6, 6.07) is 10.9. The predicted molar refractivity (Wildman–Crippen MR) is 88.4 cm³/mol. The lowest BCUT2D eigenvalue weighted by Crippen LogP contribution is -2.56. The molecule has 0 unspecified atom stereocenters. The third kappa shape index (κ3) is 3.25. The number of benzene rings is 1. The average molecular weight is 382 g/mol. The Labute approximate surface area is 142 Å². The number of likely N-dealkylation sites (tertiary alicyclic amines) is 1. The second kappa shape index (κ2) is 6.26. The van der Waals surface area contributed by atoms with Crippen LogP contribution in [-0.4, -0.2) is 35.0 Å². The van der Waals surface area contributed by atoms with Gasteiger partial charge in [0.2, 0.25) is 5.88 Å². The number of pyridine rings is 1. The highest BCUT2D eigenvalue weighted by molar-refractivity contribution is 9.10. The van der Waals surface area contributed by atoms with Crippen molar-refractivity contribution >= 4 is 33.4 Å². The predicted octanol–water partition coefficient (Wildman–Crippen LogP) is 3.71. The Kier molecular flexibility index (Phi) is 4.36. The van der Waals surface area contributed by atoms with Gasteiger partial charge in [-0.1, -0.05) is 33.6 Å². The van der Waals surface area contributed by atoms with E-state index in [0.717, 1.165) is 10.2 Å². The van der Waals surface area contributed by atoms with Crippen LogP contribution in [0, 0.1) is 6.92 Å². The fourth-order valence-electron chi connectivity index (χ4n) is 2.26. The van der Waals surface area contributed by atoms with Crippen molar-refractivity contribution in [1.29, 1.82) is 0 Å². The van der Waals surface area contributed by atoms with E-state index in [9.17, 15) is 4.79 Å². The Bertz CT molecular complexity index is 717. The van der Waals surface area contributed by atoms with Crippen LogP contribution in [0.1, 0.15) is 16.1 Å². The highest BCUT2D eigenvalue weighted by Crippen LogP contribution is 2.25. The zero-order valence-corrected chi connectivity index (χ0v) is 14.3. The van der Waals surface area contributed by atoms with Crippen LogP contribution < -0.4 is 4.74 Å². The normalized spacial score (nSPS) is 14.6. The highest BCUT2D eigenvalue weighted by Gasteiger charge is 2.33. The van der Waals surface area contributed by atoms with Crippen molar-refractivity contribution in [2.24, 2.45) is 0 Å². The van der Waals surface area contributed by atoms with Crippen LogP contribution in [-0.2, 0) is 0 Å². The van der Waals surface area contributed by atoms with Crippen LogP contribution in [0.4, 0.5) is 0 Å². The number of rotatable bonds is 3. The highest BCUT2D eigenvalue weighted by atomic mass is 79.9. The van der Waals surface area contributed by atoms with Gasteiger partial charge in [0.05, 0.1) is 23.7 Å². The summed E-state index contributed by atoms with van der Waals surface area (Å²) in [6.45, 7) is 2.99. The molecule has 4 nitrogen and oxygen atoms in total. The molecule has 3 rings (SSSR count). The Hall–Kier alpha value is -1.59. The molecule has 6 heteroatoms. The third-order valence-corrected chi connectivity index (χ3v) is 4.27. The van der Waals surface area contributed by atoms with Crippen LogP contribution in [0.5, 0.6) is 5.88 Å². The Morgan fingerprint density at radius 3 is 2.86 bits per heavy atom. The summed E-state index contributed by atoms with van der Waals surface area (Å²) in [5.41, 5.74) is 1.41. The summed E-state index contributed by atoms with van der Waals surface area (Å²) in [7, 11) is 0. The molecule has 1 aromatic carbocycles. The zero-order valence-electron chi connectivity index (χ0n) is 11.9. The maximum Gasteiger partial charge on any atom is 0.255 e. The molecule has 0 atom stereocenters. The van der Waals surface area contributed by atoms with Gasteiger partial charge in [0.15, 0.2) is 0 Å². The first-order chi connectivity index (χ1) is 10.5. The first-order valence-corrected chi connectivity index (χ1v) is 8.04. The quantitative estimate of drug-likeness (QED) is 0.814. The fraction of sp³-hybridized carbons (Fsp3) is 0.250. The summed E-state index contributed by atoms with van der Waals surface area (Å²) in [5, 5.41) is 0.456. The first-order valence-electron chi connectivity index (χ1n) is 6.87. The number of hydrogen-bond donors (Lipinski definition) is 0. The molecule has 1 amide bonds. The zero-order chi connectivity index (χ0) is 15.7. The Balaban J connectivity index is 1.61. The van der Waals surface area contributed by atoms with Gasteiger partial charge in [-0.2, -0.15) is 0 Å². The van der Waals surface area contributed by atoms with Crippen LogP contribution in [0.2, 0.25) is 5.02 Å². The molecule has 1 saturated heterocycles. The molecule has 2 aromatic rings. The van der Waals surface area contributed by atoms with Crippen molar-refractivity contribution in [2.45, 2.75) is 13.0 Å². The number of amides is 1. The maximum absolute atomic E-state index is 12.4. The molecule has 0 radical (unpaired) electrons. The number of carbonyl (C=O) groups excluding carboxylic acids is 1. The van der Waals surface area contributed by atoms with Crippen LogP contribution in [0.3, 0.4) is 0 Å². The molecule has 114 valence electrons. The molecule has 0 N–H and O–H groups in total. The van der Waals surface area contributed by atoms with Crippen molar-refractivity contribution in [3.63, 3.8) is 0 Å². The van der Waals surface area contributed by atoms with E-state index in [1.165, 1.54) is 0 Å². The lowest BCUT2D eigenvalue weighted by Gasteiger charge is -2.38. The van der Waals surface area contributed by atoms with E-state index in [1.54, 1.807) is 17.0 Å². The minimum Gasteiger partial charge on any atom is -0.471 e. The molecule has 2 heterocycles. The van der Waals surface area contributed by atoms with Crippen molar-refractivity contribution < 1.29 is 9.53 Å². The molecule has 0 bridgehead atoms. The minimum atomic E-state index is -0.0802. The van der Waals surface area contributed by atoms with Gasteiger partial charge in [-0.15, -0.1) is 0 Å². The topological polar surface area (TPSA) is 42.4 Å². The second-order valence-electron chi connectivity index (χ2n) is 5.19. The van der Waals surface area contributed by atoms with Gasteiger partial charge < -0.3 is 9.64 Å². The van der Waals surface area contributed by atoms with Gasteiger partial charge >= 0.3 is 0 Å². The number of carbonyl (C=O) groups is 1. The Morgan fingerprint density at radius 1 is 1.36 bits per heavy atom. The molecular formula is C16H14BrClN2O2. The maximum atomic E-state index is 12.4. The summed E-state index contributed by atoms with van der Waals surface area (Å²) in [6.07, 6.45) is -0.0239. The van der Waals surface area contributed by atoms with E-state index in [0.29, 0.717) is 29.6 Å². The Morgan fingerprint density at radius 2 is 2.14 bits per heavy atom. The van der Waals surface area contributed by atoms with Crippen LogP contribution >= 0.6 is 27.5 Å². The fourth-order valence-corrected chi connectivity index (χ4v) is 2.82. The SMILES string of the molecule is Cc1cccc(OC2CN(C(=O)c3cc(Br)ccc3Cl)C2)n1. The number of ether oxygens (including phenoxy) is 1. The van der Waals surface area contributed by atoms with Crippen molar-refractivity contribution in [3.8, 4) is 5.88 Å². The van der Waals surface area contributed by atoms with Gasteiger partial charge in [0.25, 0.3) is 5.91 Å². The average Bonchev–Trinajstić information content (AvgIpc) is 2.44. The van der Waals surface area contributed by atoms with Crippen molar-refractivity contribution in [1.82, 2.24) is 9.88 Å². The molecule has 1 aliphatic rings. The van der Waals surface area contributed by atoms with E-state index in [2.05, 4.69) is 20.9 Å². The second-order valence-corrected chi connectivity index (χ2v) is 6.51. The summed E-state index contributed by atoms with van der Waals surface area (Å²) < 4.78 is 6.59. The van der Waals surface area contributed by atoms with Gasteiger partial charge in [-0.25, -0.2) is 4.98 Å². The number of aryl methyl sites for hydroxylation is 1. The number of hydrogen-bond acceptors (Lipinski definition) is 3. The summed E-state index contributed by atoms with van der Waals surface area (Å²) in [5.74, 6) is 0.515. The van der Waals surface area contributed by atoms with E-state index in [4.69, 9.17) is 16.3 Å². The standard InChI is InChI=1S/C16H14BrClN2O2/c1-10-3-2-4-15(19-10)22-12-8-20(9-12)16(21)13-7-11(17)5-6-14(13)18/h2-7,12H,8-9H2,1H3. The van der Waals surface area contributed by atoms with Crippen molar-refractivity contribution in [2.75, 3.05) is 13.1 Å². The van der Waals surface area contributed by atoms with Gasteiger partial charge in [-0.3, -0.25) is 4.79 Å². The van der Waals surface area contributed by atoms with E-state index >= 15 is 0 Å². The third-order valence-electron chi connectivity index (χ3n) is 3.44. The molecular weight excluding hydrogens is 368 g/mol. The van der Waals surface area contributed by atoms with Gasteiger partial charge in [0.1, 0.15) is 6.10 Å². The number of halogens is 2. The molecule has 22 heavy (non-hydrogen) atoms. The lowest BCUT2D eigenvalue weighted by molar-refractivity contribution is 0.0159. The monoisotopic (exact) mass is 380 g/mol. The largest absolute Gasteiger partial charge is 0.471 e. The van der Waals surface area contributed by atoms with E-state index in [1.807, 2.05) is 31.2 Å². The summed E-state index contributed by atoms with van der Waals surface area (Å²) >= 11 is 9.44. The molecule has 0 aliphatic carbocycles. The molecule has 0 saturated carbocycles. The van der Waals surface area contributed by atoms with Crippen LogP contribution in [0.15, 0.2) is 40.9 Å². The lowest BCUT2D eigenvalue weighted by atomic mass is 10.1. The van der Waals surface area contributed by atoms with E-state index in [-0.39, 0.29) is 12.0 Å². The number of aromatic nitrogens is 1. The number of nitrogens with zero attached hydrogens (tertiary/aromatic N) is 2. The first kappa shape index (κ1) is 15.3. The van der Waals surface area contributed by atoms with Crippen molar-refractivity contribution in [3.05, 3.63) is 57.2 Å². The molecule has 1 aliphatic heterocycles. The smallest absolute Gasteiger partial charge is 0.255 e. The molecule has 0 spiro atoms. The van der Waals surface area contributed by atoms with Gasteiger partial charge in [0, 0.05) is 16.2 Å².